The minimum Gasteiger partial charge on any atom is -0.310 e. The van der Waals surface area contributed by atoms with Gasteiger partial charge < -0.3 is 5.32 Å². The van der Waals surface area contributed by atoms with E-state index in [1.165, 1.54) is 5.75 Å². The first kappa shape index (κ1) is 14.2. The van der Waals surface area contributed by atoms with Crippen LogP contribution in [0.5, 0.6) is 0 Å². The summed E-state index contributed by atoms with van der Waals surface area (Å²) in [4.78, 5) is 0.846. The van der Waals surface area contributed by atoms with Gasteiger partial charge in [-0.1, -0.05) is 19.1 Å². The van der Waals surface area contributed by atoms with Gasteiger partial charge in [-0.15, -0.1) is 11.8 Å². The molecule has 100 valence electrons. The molecule has 0 amide bonds. The molecule has 0 fully saturated rings. The van der Waals surface area contributed by atoms with Crippen LogP contribution in [0.25, 0.3) is 0 Å². The van der Waals surface area contributed by atoms with E-state index in [1.54, 1.807) is 17.8 Å². The van der Waals surface area contributed by atoms with Gasteiger partial charge in [-0.25, -0.2) is 4.39 Å². The lowest BCUT2D eigenvalue weighted by molar-refractivity contribution is 0.456. The smallest absolute Gasteiger partial charge is 0.137 e. The minimum atomic E-state index is -0.0684. The Balaban J connectivity index is 2.02. The zero-order valence-electron chi connectivity index (χ0n) is 10.9. The molecule has 1 heterocycles. The summed E-state index contributed by atoms with van der Waals surface area (Å²) in [5.41, 5.74) is 1.14. The Bertz CT molecular complexity index is 397. The maximum absolute atomic E-state index is 13.7. The number of rotatable bonds is 5. The lowest BCUT2D eigenvalue weighted by Gasteiger charge is -2.27. The largest absolute Gasteiger partial charge is 0.310 e. The first-order valence-corrected chi connectivity index (χ1v) is 8.74. The van der Waals surface area contributed by atoms with Crippen LogP contribution in [-0.4, -0.2) is 24.3 Å². The Morgan fingerprint density at radius 2 is 2.39 bits per heavy atom. The van der Waals surface area contributed by atoms with E-state index in [9.17, 15) is 4.39 Å². The zero-order chi connectivity index (χ0) is 13.0. The van der Waals surface area contributed by atoms with E-state index in [2.05, 4.69) is 24.6 Å². The molecule has 1 N–H and O–H groups in total. The number of hydrogen-bond donors (Lipinski definition) is 1. The standard InChI is InChI=1S/C14H20FNS2/c1-10(9-17-2)8-16-13-6-7-18-14-11(13)4-3-5-12(14)15/h3-5,10,13,16H,6-9H2,1-2H3. The lowest BCUT2D eigenvalue weighted by atomic mass is 10.0. The number of nitrogens with one attached hydrogen (secondary N) is 1. The minimum absolute atomic E-state index is 0.0684. The van der Waals surface area contributed by atoms with Crippen LogP contribution in [-0.2, 0) is 0 Å². The van der Waals surface area contributed by atoms with Crippen LogP contribution in [0, 0.1) is 11.7 Å². The molecule has 1 aromatic rings. The predicted octanol–water partition coefficient (Wildman–Crippen LogP) is 3.95. The van der Waals surface area contributed by atoms with Crippen molar-refractivity contribution >= 4 is 23.5 Å². The Kier molecular flexibility index (Phi) is 5.39. The van der Waals surface area contributed by atoms with Gasteiger partial charge in [-0.2, -0.15) is 11.8 Å². The van der Waals surface area contributed by atoms with E-state index in [0.717, 1.165) is 29.2 Å². The van der Waals surface area contributed by atoms with E-state index in [0.29, 0.717) is 12.0 Å². The highest BCUT2D eigenvalue weighted by molar-refractivity contribution is 7.99. The lowest BCUT2D eigenvalue weighted by Crippen LogP contribution is -2.29. The van der Waals surface area contributed by atoms with Crippen LogP contribution >= 0.6 is 23.5 Å². The fourth-order valence-corrected chi connectivity index (χ4v) is 4.11. The number of hydrogen-bond acceptors (Lipinski definition) is 3. The van der Waals surface area contributed by atoms with Crippen molar-refractivity contribution in [1.29, 1.82) is 0 Å². The molecule has 1 aromatic carbocycles. The van der Waals surface area contributed by atoms with Crippen LogP contribution < -0.4 is 5.32 Å². The molecule has 0 spiro atoms. The molecule has 0 saturated heterocycles. The van der Waals surface area contributed by atoms with Gasteiger partial charge in [0.15, 0.2) is 0 Å². The predicted molar refractivity (Wildman–Crippen MR) is 80.0 cm³/mol. The zero-order valence-corrected chi connectivity index (χ0v) is 12.5. The molecule has 0 bridgehead atoms. The van der Waals surface area contributed by atoms with Crippen LogP contribution in [0.3, 0.4) is 0 Å². The molecular weight excluding hydrogens is 265 g/mol. The van der Waals surface area contributed by atoms with E-state index < -0.39 is 0 Å². The second-order valence-corrected chi connectivity index (χ2v) is 6.83. The van der Waals surface area contributed by atoms with Gasteiger partial charge in [0.05, 0.1) is 0 Å². The van der Waals surface area contributed by atoms with Crippen molar-refractivity contribution < 1.29 is 4.39 Å². The molecule has 0 aromatic heterocycles. The van der Waals surface area contributed by atoms with Gasteiger partial charge >= 0.3 is 0 Å². The second kappa shape index (κ2) is 6.83. The number of halogens is 1. The van der Waals surface area contributed by atoms with Crippen LogP contribution in [0.1, 0.15) is 24.9 Å². The third-order valence-corrected chi connectivity index (χ3v) is 5.25. The number of thioether (sulfide) groups is 2. The molecule has 0 radical (unpaired) electrons. The maximum Gasteiger partial charge on any atom is 0.137 e. The van der Waals surface area contributed by atoms with Crippen LogP contribution in [0.15, 0.2) is 23.1 Å². The Labute approximate surface area is 117 Å². The summed E-state index contributed by atoms with van der Waals surface area (Å²) in [6.45, 7) is 3.26. The van der Waals surface area contributed by atoms with Gasteiger partial charge in [0, 0.05) is 10.9 Å². The summed E-state index contributed by atoms with van der Waals surface area (Å²) in [7, 11) is 0. The highest BCUT2D eigenvalue weighted by atomic mass is 32.2. The summed E-state index contributed by atoms with van der Waals surface area (Å²) in [5, 5.41) is 3.60. The molecule has 1 aliphatic rings. The molecule has 2 unspecified atom stereocenters. The van der Waals surface area contributed by atoms with E-state index in [-0.39, 0.29) is 5.82 Å². The fourth-order valence-electron chi connectivity index (χ4n) is 2.29. The summed E-state index contributed by atoms with van der Waals surface area (Å²) >= 11 is 3.52. The topological polar surface area (TPSA) is 12.0 Å². The van der Waals surface area contributed by atoms with Gasteiger partial charge in [0.25, 0.3) is 0 Å². The molecule has 18 heavy (non-hydrogen) atoms. The monoisotopic (exact) mass is 285 g/mol. The summed E-state index contributed by atoms with van der Waals surface area (Å²) in [6, 6.07) is 5.76. The fraction of sp³-hybridized carbons (Fsp3) is 0.571. The van der Waals surface area contributed by atoms with Gasteiger partial charge in [0.1, 0.15) is 5.82 Å². The Morgan fingerprint density at radius 1 is 1.56 bits per heavy atom. The van der Waals surface area contributed by atoms with E-state index >= 15 is 0 Å². The summed E-state index contributed by atoms with van der Waals surface area (Å²) in [5.74, 6) is 2.76. The second-order valence-electron chi connectivity index (χ2n) is 4.82. The molecule has 1 aliphatic heterocycles. The first-order chi connectivity index (χ1) is 8.72. The third-order valence-electron chi connectivity index (χ3n) is 3.19. The highest BCUT2D eigenvalue weighted by Gasteiger charge is 2.22. The normalized spacial score (nSPS) is 20.5. The van der Waals surface area contributed by atoms with Crippen molar-refractivity contribution in [3.8, 4) is 0 Å². The maximum atomic E-state index is 13.7. The van der Waals surface area contributed by atoms with Gasteiger partial charge in [0.2, 0.25) is 0 Å². The summed E-state index contributed by atoms with van der Waals surface area (Å²) < 4.78 is 13.7. The molecule has 0 aliphatic carbocycles. The van der Waals surface area contributed by atoms with Crippen LogP contribution in [0.2, 0.25) is 0 Å². The van der Waals surface area contributed by atoms with Crippen molar-refractivity contribution in [2.45, 2.75) is 24.3 Å². The van der Waals surface area contributed by atoms with Crippen molar-refractivity contribution in [2.75, 3.05) is 24.3 Å². The molecule has 0 saturated carbocycles. The molecular formula is C14H20FNS2. The van der Waals surface area contributed by atoms with E-state index in [1.807, 2.05) is 17.8 Å². The van der Waals surface area contributed by atoms with Gasteiger partial charge in [-0.05, 0) is 48.3 Å². The molecule has 2 atom stereocenters. The summed E-state index contributed by atoms with van der Waals surface area (Å²) in [6.07, 6.45) is 3.23. The number of fused-ring (bicyclic) bond motifs is 1. The molecule has 1 nitrogen and oxygen atoms in total. The SMILES string of the molecule is CSCC(C)CNC1CCSc2c(F)cccc21. The van der Waals surface area contributed by atoms with Crippen LogP contribution in [0.4, 0.5) is 4.39 Å². The quantitative estimate of drug-likeness (QED) is 0.879. The average molecular weight is 285 g/mol. The van der Waals surface area contributed by atoms with Crippen molar-refractivity contribution in [3.05, 3.63) is 29.6 Å². The highest BCUT2D eigenvalue weighted by Crippen LogP contribution is 2.37. The first-order valence-electron chi connectivity index (χ1n) is 6.36. The molecule has 4 heteroatoms. The molecule has 2 rings (SSSR count). The Morgan fingerprint density at radius 3 is 3.17 bits per heavy atom. The van der Waals surface area contributed by atoms with Crippen molar-refractivity contribution in [1.82, 2.24) is 5.32 Å². The van der Waals surface area contributed by atoms with Gasteiger partial charge in [-0.3, -0.25) is 0 Å². The Hall–Kier alpha value is -0.190. The van der Waals surface area contributed by atoms with E-state index in [4.69, 9.17) is 0 Å². The average Bonchev–Trinajstić information content (AvgIpc) is 2.37. The van der Waals surface area contributed by atoms with Crippen molar-refractivity contribution in [3.63, 3.8) is 0 Å². The number of benzene rings is 1. The van der Waals surface area contributed by atoms with Crippen molar-refractivity contribution in [2.24, 2.45) is 5.92 Å². The third kappa shape index (κ3) is 3.43.